The highest BCUT2D eigenvalue weighted by Crippen LogP contribution is 2.23. The van der Waals surface area contributed by atoms with Gasteiger partial charge in [-0.3, -0.25) is 4.79 Å². The molecular weight excluding hydrogens is 331 g/mol. The molecule has 26 heavy (non-hydrogen) atoms. The maximum atomic E-state index is 13.3. The summed E-state index contributed by atoms with van der Waals surface area (Å²) in [5.41, 5.74) is 2.24. The maximum absolute atomic E-state index is 13.3. The monoisotopic (exact) mass is 354 g/mol. The molecule has 2 heterocycles. The van der Waals surface area contributed by atoms with Gasteiger partial charge in [0.05, 0.1) is 12.5 Å². The lowest BCUT2D eigenvalue weighted by atomic mass is 10.0. The number of carbonyl (C=O) groups is 1. The van der Waals surface area contributed by atoms with E-state index in [1.807, 2.05) is 23.7 Å². The van der Waals surface area contributed by atoms with Crippen LogP contribution in [-0.2, 0) is 18.3 Å². The van der Waals surface area contributed by atoms with Crippen molar-refractivity contribution in [2.24, 2.45) is 13.0 Å². The van der Waals surface area contributed by atoms with E-state index in [1.165, 1.54) is 12.1 Å². The third-order valence-corrected chi connectivity index (χ3v) is 4.27. The molecular formula is C20H23FN4O. The van der Waals surface area contributed by atoms with Crippen molar-refractivity contribution < 1.29 is 9.18 Å². The minimum absolute atomic E-state index is 0.133. The quantitative estimate of drug-likeness (QED) is 0.736. The fourth-order valence-corrected chi connectivity index (χ4v) is 3.13. The summed E-state index contributed by atoms with van der Waals surface area (Å²) >= 11 is 0. The first-order chi connectivity index (χ1) is 12.4. The van der Waals surface area contributed by atoms with Crippen LogP contribution < -0.4 is 5.32 Å². The molecule has 1 aromatic carbocycles. The topological polar surface area (TPSA) is 59.8 Å². The number of benzene rings is 1. The van der Waals surface area contributed by atoms with Crippen molar-refractivity contribution in [3.05, 3.63) is 59.8 Å². The van der Waals surface area contributed by atoms with Crippen molar-refractivity contribution in [2.75, 3.05) is 0 Å². The molecule has 3 rings (SSSR count). The van der Waals surface area contributed by atoms with E-state index in [2.05, 4.69) is 29.1 Å². The minimum atomic E-state index is -0.338. The molecule has 0 aliphatic rings. The van der Waals surface area contributed by atoms with E-state index >= 15 is 0 Å². The van der Waals surface area contributed by atoms with Gasteiger partial charge in [-0.1, -0.05) is 26.0 Å². The molecule has 1 atom stereocenters. The number of nitrogens with one attached hydrogen (secondary N) is 1. The zero-order chi connectivity index (χ0) is 18.7. The second kappa shape index (κ2) is 7.64. The molecule has 0 aliphatic carbocycles. The zero-order valence-electron chi connectivity index (χ0n) is 15.2. The van der Waals surface area contributed by atoms with Crippen LogP contribution in [0.5, 0.6) is 0 Å². The second-order valence-electron chi connectivity index (χ2n) is 6.93. The largest absolute Gasteiger partial charge is 0.346 e. The number of amides is 1. The summed E-state index contributed by atoms with van der Waals surface area (Å²) in [6.45, 7) is 4.21. The Balaban J connectivity index is 1.83. The van der Waals surface area contributed by atoms with E-state index in [0.29, 0.717) is 11.5 Å². The van der Waals surface area contributed by atoms with Gasteiger partial charge in [0.2, 0.25) is 5.91 Å². The molecule has 1 unspecified atom stereocenters. The molecule has 5 nitrogen and oxygen atoms in total. The zero-order valence-corrected chi connectivity index (χ0v) is 15.2. The second-order valence-corrected chi connectivity index (χ2v) is 6.93. The first-order valence-electron chi connectivity index (χ1n) is 8.75. The van der Waals surface area contributed by atoms with E-state index in [0.717, 1.165) is 23.4 Å². The molecule has 136 valence electrons. The summed E-state index contributed by atoms with van der Waals surface area (Å²) in [5, 5.41) is 3.06. The Hall–Kier alpha value is -2.76. The number of nitrogens with zero attached hydrogens (tertiary/aromatic N) is 3. The van der Waals surface area contributed by atoms with Crippen LogP contribution in [0.3, 0.4) is 0 Å². The van der Waals surface area contributed by atoms with Gasteiger partial charge >= 0.3 is 0 Å². The molecule has 2 aromatic heterocycles. The van der Waals surface area contributed by atoms with Crippen molar-refractivity contribution in [2.45, 2.75) is 32.7 Å². The minimum Gasteiger partial charge on any atom is -0.346 e. The number of fused-ring (bicyclic) bond motifs is 1. The van der Waals surface area contributed by atoms with Crippen LogP contribution in [0.1, 0.15) is 37.7 Å². The maximum Gasteiger partial charge on any atom is 0.225 e. The SMILES string of the molecule is CC(C)CC(NC(=O)Cc1cccc(F)c1)c1nc2cccnc2n1C. The summed E-state index contributed by atoms with van der Waals surface area (Å²) in [6.07, 6.45) is 2.62. The number of hydrogen-bond acceptors (Lipinski definition) is 3. The molecule has 0 fully saturated rings. The highest BCUT2D eigenvalue weighted by atomic mass is 19.1. The summed E-state index contributed by atoms with van der Waals surface area (Å²) in [6, 6.07) is 9.65. The van der Waals surface area contributed by atoms with Gasteiger partial charge in [-0.2, -0.15) is 0 Å². The van der Waals surface area contributed by atoms with Gasteiger partial charge in [-0.05, 0) is 42.2 Å². The Kier molecular flexibility index (Phi) is 5.30. The predicted octanol–water partition coefficient (Wildman–Crippen LogP) is 3.55. The van der Waals surface area contributed by atoms with Gasteiger partial charge in [0, 0.05) is 13.2 Å². The van der Waals surface area contributed by atoms with Crippen LogP contribution >= 0.6 is 0 Å². The standard InChI is InChI=1S/C20H23FN4O/c1-13(2)10-17(20-24-16-8-5-9-22-19(16)25(20)3)23-18(26)12-14-6-4-7-15(21)11-14/h4-9,11,13,17H,10,12H2,1-3H3,(H,23,26). The number of rotatable bonds is 6. The Labute approximate surface area is 152 Å². The van der Waals surface area contributed by atoms with Gasteiger partial charge in [-0.25, -0.2) is 14.4 Å². The Morgan fingerprint density at radius 2 is 2.08 bits per heavy atom. The average Bonchev–Trinajstić information content (AvgIpc) is 2.91. The molecule has 0 radical (unpaired) electrons. The van der Waals surface area contributed by atoms with E-state index in [4.69, 9.17) is 0 Å². The van der Waals surface area contributed by atoms with Crippen molar-refractivity contribution in [1.29, 1.82) is 0 Å². The number of carbonyl (C=O) groups excluding carboxylic acids is 1. The van der Waals surface area contributed by atoms with Gasteiger partial charge in [0.15, 0.2) is 5.65 Å². The lowest BCUT2D eigenvalue weighted by Gasteiger charge is -2.20. The smallest absolute Gasteiger partial charge is 0.225 e. The van der Waals surface area contributed by atoms with E-state index in [9.17, 15) is 9.18 Å². The van der Waals surface area contributed by atoms with Crippen LogP contribution in [0.15, 0.2) is 42.6 Å². The number of pyridine rings is 1. The summed E-state index contributed by atoms with van der Waals surface area (Å²) in [7, 11) is 1.91. The molecule has 0 saturated heterocycles. The van der Waals surface area contributed by atoms with Gasteiger partial charge in [0.25, 0.3) is 0 Å². The van der Waals surface area contributed by atoms with Crippen molar-refractivity contribution in [3.8, 4) is 0 Å². The van der Waals surface area contributed by atoms with E-state index in [1.54, 1.807) is 18.3 Å². The Morgan fingerprint density at radius 1 is 1.27 bits per heavy atom. The van der Waals surface area contributed by atoms with E-state index in [-0.39, 0.29) is 24.2 Å². The molecule has 1 N–H and O–H groups in total. The molecule has 6 heteroatoms. The van der Waals surface area contributed by atoms with Crippen LogP contribution in [0, 0.1) is 11.7 Å². The Bertz CT molecular complexity index is 919. The predicted molar refractivity (Wildman–Crippen MR) is 99.0 cm³/mol. The first kappa shape index (κ1) is 18.0. The Morgan fingerprint density at radius 3 is 2.77 bits per heavy atom. The summed E-state index contributed by atoms with van der Waals surface area (Å²) < 4.78 is 15.3. The number of imidazole rings is 1. The molecule has 0 bridgehead atoms. The molecule has 1 amide bonds. The average molecular weight is 354 g/mol. The number of aryl methyl sites for hydroxylation is 1. The van der Waals surface area contributed by atoms with E-state index < -0.39 is 0 Å². The number of halogens is 1. The van der Waals surface area contributed by atoms with Gasteiger partial charge in [0.1, 0.15) is 17.2 Å². The van der Waals surface area contributed by atoms with Gasteiger partial charge in [-0.15, -0.1) is 0 Å². The molecule has 0 aliphatic heterocycles. The first-order valence-corrected chi connectivity index (χ1v) is 8.75. The highest BCUT2D eigenvalue weighted by molar-refractivity contribution is 5.79. The third kappa shape index (κ3) is 4.07. The lowest BCUT2D eigenvalue weighted by molar-refractivity contribution is -0.121. The van der Waals surface area contributed by atoms with Crippen LogP contribution in [0.4, 0.5) is 4.39 Å². The molecule has 0 spiro atoms. The van der Waals surface area contributed by atoms with Crippen molar-refractivity contribution in [3.63, 3.8) is 0 Å². The van der Waals surface area contributed by atoms with Crippen LogP contribution in [0.2, 0.25) is 0 Å². The number of hydrogen-bond donors (Lipinski definition) is 1. The fraction of sp³-hybridized carbons (Fsp3) is 0.350. The van der Waals surface area contributed by atoms with Crippen molar-refractivity contribution >= 4 is 17.1 Å². The lowest BCUT2D eigenvalue weighted by Crippen LogP contribution is -2.32. The van der Waals surface area contributed by atoms with Crippen molar-refractivity contribution in [1.82, 2.24) is 19.9 Å². The molecule has 0 saturated carbocycles. The highest BCUT2D eigenvalue weighted by Gasteiger charge is 2.22. The van der Waals surface area contributed by atoms with Gasteiger partial charge < -0.3 is 9.88 Å². The summed E-state index contributed by atoms with van der Waals surface area (Å²) in [4.78, 5) is 21.6. The third-order valence-electron chi connectivity index (χ3n) is 4.27. The van der Waals surface area contributed by atoms with Crippen LogP contribution in [-0.4, -0.2) is 20.4 Å². The molecule has 3 aromatic rings. The van der Waals surface area contributed by atoms with Crippen LogP contribution in [0.25, 0.3) is 11.2 Å². The fourth-order valence-electron chi connectivity index (χ4n) is 3.13. The normalized spacial score (nSPS) is 12.5. The number of aromatic nitrogens is 3. The summed E-state index contributed by atoms with van der Waals surface area (Å²) in [5.74, 6) is 0.666.